The standard InChI is InChI=1S/C23H26N2O/c1-17-6-5-7-18(14-17)15-23(26)25-12-10-19(11-13-25)22-16-20-8-3-4-9-21(20)24(22)2/h3-9,14,16,19H,10-13,15H2,1-2H3. The predicted molar refractivity (Wildman–Crippen MR) is 106 cm³/mol. The third-order valence-corrected chi connectivity index (χ3v) is 5.69. The number of carbonyl (C=O) groups excluding carboxylic acids is 1. The number of para-hydroxylation sites is 1. The van der Waals surface area contributed by atoms with Gasteiger partial charge in [-0.3, -0.25) is 4.79 Å². The minimum atomic E-state index is 0.256. The number of carbonyl (C=O) groups is 1. The molecule has 1 saturated heterocycles. The second-order valence-electron chi connectivity index (χ2n) is 7.51. The molecule has 1 aliphatic heterocycles. The Balaban J connectivity index is 1.42. The number of rotatable bonds is 3. The number of nitrogens with zero attached hydrogens (tertiary/aromatic N) is 2. The zero-order valence-corrected chi connectivity index (χ0v) is 15.6. The molecule has 2 aromatic carbocycles. The highest BCUT2D eigenvalue weighted by atomic mass is 16.2. The number of aryl methyl sites for hydroxylation is 2. The summed E-state index contributed by atoms with van der Waals surface area (Å²) >= 11 is 0. The van der Waals surface area contributed by atoms with E-state index in [1.165, 1.54) is 22.2 Å². The first-order valence-electron chi connectivity index (χ1n) is 9.49. The fourth-order valence-electron chi connectivity index (χ4n) is 4.24. The van der Waals surface area contributed by atoms with Gasteiger partial charge in [0, 0.05) is 37.3 Å². The molecule has 134 valence electrons. The van der Waals surface area contributed by atoms with E-state index in [2.05, 4.69) is 61.0 Å². The zero-order valence-electron chi connectivity index (χ0n) is 15.6. The molecule has 2 heterocycles. The number of benzene rings is 2. The number of aromatic nitrogens is 1. The molecule has 0 unspecified atom stereocenters. The van der Waals surface area contributed by atoms with Crippen LogP contribution in [0, 0.1) is 6.92 Å². The Labute approximate surface area is 155 Å². The van der Waals surface area contributed by atoms with Crippen LogP contribution >= 0.6 is 0 Å². The van der Waals surface area contributed by atoms with Gasteiger partial charge in [0.1, 0.15) is 0 Å². The third kappa shape index (κ3) is 3.26. The van der Waals surface area contributed by atoms with Crippen molar-refractivity contribution < 1.29 is 4.79 Å². The Bertz CT molecular complexity index is 932. The topological polar surface area (TPSA) is 25.2 Å². The van der Waals surface area contributed by atoms with Crippen molar-refractivity contribution in [3.8, 4) is 0 Å². The normalized spacial score (nSPS) is 15.5. The number of likely N-dealkylation sites (tertiary alicyclic amines) is 1. The first-order chi connectivity index (χ1) is 12.6. The van der Waals surface area contributed by atoms with Crippen LogP contribution in [0.25, 0.3) is 10.9 Å². The summed E-state index contributed by atoms with van der Waals surface area (Å²) in [5.74, 6) is 0.793. The fourth-order valence-corrected chi connectivity index (χ4v) is 4.24. The predicted octanol–water partition coefficient (Wildman–Crippen LogP) is 4.44. The highest BCUT2D eigenvalue weighted by Gasteiger charge is 2.25. The van der Waals surface area contributed by atoms with Gasteiger partial charge in [0.05, 0.1) is 6.42 Å². The van der Waals surface area contributed by atoms with Gasteiger partial charge in [-0.15, -0.1) is 0 Å². The van der Waals surface area contributed by atoms with Gasteiger partial charge in [0.2, 0.25) is 5.91 Å². The van der Waals surface area contributed by atoms with Crippen LogP contribution in [0.15, 0.2) is 54.6 Å². The van der Waals surface area contributed by atoms with Gasteiger partial charge in [-0.25, -0.2) is 0 Å². The maximum Gasteiger partial charge on any atom is 0.226 e. The molecule has 3 nitrogen and oxygen atoms in total. The molecule has 4 rings (SSSR count). The van der Waals surface area contributed by atoms with Gasteiger partial charge >= 0.3 is 0 Å². The van der Waals surface area contributed by atoms with Crippen LogP contribution in [0.4, 0.5) is 0 Å². The number of hydrogen-bond acceptors (Lipinski definition) is 1. The number of amides is 1. The highest BCUT2D eigenvalue weighted by Crippen LogP contribution is 2.32. The Hall–Kier alpha value is -2.55. The van der Waals surface area contributed by atoms with Crippen molar-refractivity contribution >= 4 is 16.8 Å². The molecule has 0 saturated carbocycles. The van der Waals surface area contributed by atoms with Crippen LogP contribution in [-0.4, -0.2) is 28.5 Å². The summed E-state index contributed by atoms with van der Waals surface area (Å²) in [5, 5.41) is 1.31. The smallest absolute Gasteiger partial charge is 0.226 e. The molecular formula is C23H26N2O. The van der Waals surface area contributed by atoms with E-state index < -0.39 is 0 Å². The summed E-state index contributed by atoms with van der Waals surface area (Å²) in [6.45, 7) is 3.79. The van der Waals surface area contributed by atoms with E-state index in [1.807, 2.05) is 17.0 Å². The van der Waals surface area contributed by atoms with Crippen LogP contribution in [0.2, 0.25) is 0 Å². The molecule has 3 heteroatoms. The summed E-state index contributed by atoms with van der Waals surface area (Å²) < 4.78 is 2.32. The molecule has 1 aliphatic rings. The Morgan fingerprint density at radius 1 is 1.04 bits per heavy atom. The lowest BCUT2D eigenvalue weighted by atomic mass is 9.93. The second-order valence-corrected chi connectivity index (χ2v) is 7.51. The number of piperidine rings is 1. The molecule has 0 bridgehead atoms. The van der Waals surface area contributed by atoms with Gasteiger partial charge in [-0.05, 0) is 42.8 Å². The molecule has 0 aliphatic carbocycles. The van der Waals surface area contributed by atoms with E-state index >= 15 is 0 Å². The minimum absolute atomic E-state index is 0.256. The minimum Gasteiger partial charge on any atom is -0.347 e. The molecular weight excluding hydrogens is 320 g/mol. The van der Waals surface area contributed by atoms with Crippen molar-refractivity contribution in [1.29, 1.82) is 0 Å². The van der Waals surface area contributed by atoms with Crippen molar-refractivity contribution in [3.05, 3.63) is 71.4 Å². The first kappa shape index (κ1) is 16.9. The van der Waals surface area contributed by atoms with Crippen molar-refractivity contribution in [2.75, 3.05) is 13.1 Å². The average molecular weight is 346 g/mol. The van der Waals surface area contributed by atoms with E-state index in [9.17, 15) is 4.79 Å². The van der Waals surface area contributed by atoms with E-state index in [0.717, 1.165) is 31.5 Å². The van der Waals surface area contributed by atoms with Crippen LogP contribution in [0.1, 0.15) is 35.6 Å². The van der Waals surface area contributed by atoms with Gasteiger partial charge in [0.25, 0.3) is 0 Å². The van der Waals surface area contributed by atoms with Crippen LogP contribution in [0.3, 0.4) is 0 Å². The van der Waals surface area contributed by atoms with E-state index in [0.29, 0.717) is 12.3 Å². The lowest BCUT2D eigenvalue weighted by Gasteiger charge is -2.32. The number of fused-ring (bicyclic) bond motifs is 1. The van der Waals surface area contributed by atoms with E-state index in [-0.39, 0.29) is 5.91 Å². The lowest BCUT2D eigenvalue weighted by Crippen LogP contribution is -2.39. The molecule has 0 atom stereocenters. The van der Waals surface area contributed by atoms with Crippen molar-refractivity contribution in [2.24, 2.45) is 7.05 Å². The van der Waals surface area contributed by atoms with Gasteiger partial charge in [0.15, 0.2) is 0 Å². The number of hydrogen-bond donors (Lipinski definition) is 0. The maximum atomic E-state index is 12.7. The monoisotopic (exact) mass is 346 g/mol. The van der Waals surface area contributed by atoms with Crippen molar-refractivity contribution in [2.45, 2.75) is 32.1 Å². The van der Waals surface area contributed by atoms with E-state index in [1.54, 1.807) is 0 Å². The van der Waals surface area contributed by atoms with E-state index in [4.69, 9.17) is 0 Å². The fraction of sp³-hybridized carbons (Fsp3) is 0.348. The molecule has 1 aromatic heterocycles. The van der Waals surface area contributed by atoms with Crippen LogP contribution in [0.5, 0.6) is 0 Å². The van der Waals surface area contributed by atoms with Crippen LogP contribution in [-0.2, 0) is 18.3 Å². The Morgan fingerprint density at radius 3 is 2.54 bits per heavy atom. The third-order valence-electron chi connectivity index (χ3n) is 5.69. The van der Waals surface area contributed by atoms with Crippen LogP contribution < -0.4 is 0 Å². The molecule has 0 radical (unpaired) electrons. The molecule has 1 fully saturated rings. The average Bonchev–Trinajstić information content (AvgIpc) is 2.99. The highest BCUT2D eigenvalue weighted by molar-refractivity contribution is 5.81. The first-order valence-corrected chi connectivity index (χ1v) is 9.49. The summed E-state index contributed by atoms with van der Waals surface area (Å²) in [7, 11) is 2.16. The van der Waals surface area contributed by atoms with Gasteiger partial charge in [-0.2, -0.15) is 0 Å². The summed E-state index contributed by atoms with van der Waals surface area (Å²) in [5.41, 5.74) is 5.02. The lowest BCUT2D eigenvalue weighted by molar-refractivity contribution is -0.131. The Kier molecular flexibility index (Phi) is 4.54. The molecule has 3 aromatic rings. The molecule has 26 heavy (non-hydrogen) atoms. The van der Waals surface area contributed by atoms with Gasteiger partial charge < -0.3 is 9.47 Å². The largest absolute Gasteiger partial charge is 0.347 e. The maximum absolute atomic E-state index is 12.7. The van der Waals surface area contributed by atoms with Crippen molar-refractivity contribution in [3.63, 3.8) is 0 Å². The second kappa shape index (κ2) is 6.99. The Morgan fingerprint density at radius 2 is 1.81 bits per heavy atom. The molecule has 0 spiro atoms. The SMILES string of the molecule is Cc1cccc(CC(=O)N2CCC(c3cc4ccccc4n3C)CC2)c1. The quantitative estimate of drug-likeness (QED) is 0.688. The summed E-state index contributed by atoms with van der Waals surface area (Å²) in [6, 6.07) is 19.1. The van der Waals surface area contributed by atoms with Gasteiger partial charge in [-0.1, -0.05) is 48.0 Å². The van der Waals surface area contributed by atoms with Crippen molar-refractivity contribution in [1.82, 2.24) is 9.47 Å². The zero-order chi connectivity index (χ0) is 18.1. The summed E-state index contributed by atoms with van der Waals surface area (Å²) in [6.07, 6.45) is 2.60. The summed E-state index contributed by atoms with van der Waals surface area (Å²) in [4.78, 5) is 14.7. The molecule has 1 amide bonds. The molecule has 0 N–H and O–H groups in total.